The molecule has 0 aliphatic carbocycles. The van der Waals surface area contributed by atoms with Gasteiger partial charge < -0.3 is 24.6 Å². The number of thioether (sulfide) groups is 1. The summed E-state index contributed by atoms with van der Waals surface area (Å²) >= 11 is 6.14. The number of aliphatic hydroxyl groups is 1. The number of carbonyl (C=O) groups excluding carboxylic acids is 1. The van der Waals surface area contributed by atoms with Crippen LogP contribution in [0.2, 0.25) is 0 Å². The van der Waals surface area contributed by atoms with Gasteiger partial charge in [-0.3, -0.25) is 4.79 Å². The van der Waals surface area contributed by atoms with Crippen LogP contribution in [0.25, 0.3) is 6.08 Å². The summed E-state index contributed by atoms with van der Waals surface area (Å²) in [6.07, 6.45) is 4.22. The van der Waals surface area contributed by atoms with E-state index in [1.807, 2.05) is 0 Å². The standard InChI is InChI=1S/C23H20F2N4O5S2/c1-32-17-5-13(7-19-21(30)28-22(35)36-19)6-18(33-2)20(17)34-10-23(31,9-29-12-26-11-27-29)15-4-3-14(24)8-16(15)25/h3-8,11-12,31H,9-10H2,1-2H3,(H,28,30,35)/b19-7-. The lowest BCUT2D eigenvalue weighted by Crippen LogP contribution is -2.39. The second-order valence-electron chi connectivity index (χ2n) is 7.64. The first-order chi connectivity index (χ1) is 17.2. The number of nitrogens with one attached hydrogen (secondary N) is 1. The minimum absolute atomic E-state index is 0.126. The van der Waals surface area contributed by atoms with E-state index in [9.17, 15) is 18.7 Å². The number of aromatic nitrogens is 3. The van der Waals surface area contributed by atoms with Crippen LogP contribution in [0.4, 0.5) is 8.78 Å². The maximum Gasteiger partial charge on any atom is 0.263 e. The zero-order valence-corrected chi connectivity index (χ0v) is 20.7. The van der Waals surface area contributed by atoms with Crippen molar-refractivity contribution in [1.29, 1.82) is 0 Å². The molecule has 1 amide bonds. The van der Waals surface area contributed by atoms with Crippen molar-refractivity contribution in [2.75, 3.05) is 20.8 Å². The summed E-state index contributed by atoms with van der Waals surface area (Å²) in [5.41, 5.74) is -1.60. The number of methoxy groups -OCH3 is 2. The predicted octanol–water partition coefficient (Wildman–Crippen LogP) is 3.03. The Morgan fingerprint density at radius 3 is 2.50 bits per heavy atom. The zero-order chi connectivity index (χ0) is 25.9. The highest BCUT2D eigenvalue weighted by Gasteiger charge is 2.35. The Morgan fingerprint density at radius 2 is 1.94 bits per heavy atom. The quantitative estimate of drug-likeness (QED) is 0.316. The number of nitrogens with zero attached hydrogens (tertiary/aromatic N) is 3. The van der Waals surface area contributed by atoms with Gasteiger partial charge in [-0.2, -0.15) is 5.10 Å². The molecule has 0 radical (unpaired) electrons. The van der Waals surface area contributed by atoms with Crippen LogP contribution in [-0.2, 0) is 16.9 Å². The van der Waals surface area contributed by atoms with Crippen LogP contribution >= 0.6 is 24.0 Å². The third-order valence-corrected chi connectivity index (χ3v) is 6.36. The largest absolute Gasteiger partial charge is 0.493 e. The Bertz CT molecular complexity index is 1310. The summed E-state index contributed by atoms with van der Waals surface area (Å²) in [5, 5.41) is 18.0. The Morgan fingerprint density at radius 1 is 1.22 bits per heavy atom. The third-order valence-electron chi connectivity index (χ3n) is 5.20. The molecule has 0 spiro atoms. The molecule has 1 fully saturated rings. The first-order valence-electron chi connectivity index (χ1n) is 10.4. The molecule has 1 atom stereocenters. The molecule has 13 heteroatoms. The minimum Gasteiger partial charge on any atom is -0.493 e. The molecular weight excluding hydrogens is 514 g/mol. The molecule has 188 valence electrons. The number of amides is 1. The SMILES string of the molecule is COc1cc(/C=C2\SC(=S)NC2=O)cc(OC)c1OCC(O)(Cn1cncn1)c1ccc(F)cc1F. The van der Waals surface area contributed by atoms with Crippen molar-refractivity contribution in [2.24, 2.45) is 0 Å². The lowest BCUT2D eigenvalue weighted by atomic mass is 9.94. The smallest absolute Gasteiger partial charge is 0.263 e. The van der Waals surface area contributed by atoms with Gasteiger partial charge in [0.15, 0.2) is 11.5 Å². The van der Waals surface area contributed by atoms with E-state index in [1.165, 1.54) is 31.6 Å². The maximum atomic E-state index is 14.7. The van der Waals surface area contributed by atoms with Crippen molar-refractivity contribution in [2.45, 2.75) is 12.1 Å². The van der Waals surface area contributed by atoms with Gasteiger partial charge in [0.1, 0.15) is 40.8 Å². The second kappa shape index (κ2) is 10.6. The van der Waals surface area contributed by atoms with Gasteiger partial charge in [0.2, 0.25) is 5.75 Å². The molecule has 1 saturated heterocycles. The van der Waals surface area contributed by atoms with E-state index < -0.39 is 23.8 Å². The molecule has 9 nitrogen and oxygen atoms in total. The predicted molar refractivity (Wildman–Crippen MR) is 132 cm³/mol. The van der Waals surface area contributed by atoms with Crippen molar-refractivity contribution >= 4 is 40.3 Å². The van der Waals surface area contributed by atoms with Crippen LogP contribution in [0, 0.1) is 11.6 Å². The van der Waals surface area contributed by atoms with E-state index in [0.29, 0.717) is 20.9 Å². The van der Waals surface area contributed by atoms with Crippen molar-refractivity contribution < 1.29 is 32.9 Å². The molecule has 4 rings (SSSR count). The van der Waals surface area contributed by atoms with E-state index in [1.54, 1.807) is 18.2 Å². The van der Waals surface area contributed by atoms with Crippen molar-refractivity contribution in [1.82, 2.24) is 20.1 Å². The molecule has 1 aromatic heterocycles. The molecule has 2 aromatic carbocycles. The van der Waals surface area contributed by atoms with Gasteiger partial charge in [-0.25, -0.2) is 18.4 Å². The van der Waals surface area contributed by atoms with Gasteiger partial charge in [0, 0.05) is 11.6 Å². The van der Waals surface area contributed by atoms with Crippen molar-refractivity contribution in [3.63, 3.8) is 0 Å². The van der Waals surface area contributed by atoms with Gasteiger partial charge in [0.05, 0.1) is 25.7 Å². The van der Waals surface area contributed by atoms with Gasteiger partial charge in [-0.1, -0.05) is 30.0 Å². The number of ether oxygens (including phenoxy) is 3. The van der Waals surface area contributed by atoms with Crippen molar-refractivity contribution in [3.8, 4) is 17.2 Å². The number of hydrogen-bond donors (Lipinski definition) is 2. The van der Waals surface area contributed by atoms with Gasteiger partial charge in [-0.15, -0.1) is 0 Å². The number of halogens is 2. The molecule has 2 N–H and O–H groups in total. The van der Waals surface area contributed by atoms with Crippen molar-refractivity contribution in [3.05, 3.63) is 70.7 Å². The molecule has 1 unspecified atom stereocenters. The lowest BCUT2D eigenvalue weighted by molar-refractivity contribution is -0.115. The fraction of sp³-hybridized carbons (Fsp3) is 0.217. The fourth-order valence-electron chi connectivity index (χ4n) is 3.55. The zero-order valence-electron chi connectivity index (χ0n) is 19.0. The van der Waals surface area contributed by atoms with Crippen LogP contribution in [0.15, 0.2) is 47.9 Å². The molecule has 0 bridgehead atoms. The number of thiocarbonyl (C=S) groups is 1. The molecule has 1 aliphatic heterocycles. The Kier molecular flexibility index (Phi) is 7.52. The number of carbonyl (C=O) groups is 1. The maximum absolute atomic E-state index is 14.7. The summed E-state index contributed by atoms with van der Waals surface area (Å²) in [6.45, 7) is -0.717. The normalized spacial score (nSPS) is 16.1. The number of rotatable bonds is 9. The molecular formula is C23H20F2N4O5S2. The summed E-state index contributed by atoms with van der Waals surface area (Å²) in [4.78, 5) is 16.3. The average molecular weight is 535 g/mol. The molecule has 2 heterocycles. The van der Waals surface area contributed by atoms with E-state index in [2.05, 4.69) is 15.4 Å². The monoisotopic (exact) mass is 534 g/mol. The first-order valence-corrected chi connectivity index (χ1v) is 11.6. The van der Waals surface area contributed by atoms with Gasteiger partial charge >= 0.3 is 0 Å². The lowest BCUT2D eigenvalue weighted by Gasteiger charge is -2.29. The van der Waals surface area contributed by atoms with Crippen LogP contribution in [0.3, 0.4) is 0 Å². The third kappa shape index (κ3) is 5.48. The molecule has 1 aliphatic rings. The first kappa shape index (κ1) is 25.5. The molecule has 3 aromatic rings. The Balaban J connectivity index is 1.68. The summed E-state index contributed by atoms with van der Waals surface area (Å²) in [7, 11) is 2.82. The van der Waals surface area contributed by atoms with Crippen LogP contribution in [-0.4, -0.2) is 50.9 Å². The summed E-state index contributed by atoms with van der Waals surface area (Å²) in [6, 6.07) is 6.07. The topological polar surface area (TPSA) is 108 Å². The highest BCUT2D eigenvalue weighted by molar-refractivity contribution is 8.26. The summed E-state index contributed by atoms with van der Waals surface area (Å²) < 4.78 is 46.7. The highest BCUT2D eigenvalue weighted by Crippen LogP contribution is 2.41. The number of hydrogen-bond acceptors (Lipinski definition) is 9. The molecule has 0 saturated carbocycles. The van der Waals surface area contributed by atoms with E-state index in [4.69, 9.17) is 26.4 Å². The summed E-state index contributed by atoms with van der Waals surface area (Å²) in [5.74, 6) is -1.47. The van der Waals surface area contributed by atoms with Crippen LogP contribution in [0.5, 0.6) is 17.2 Å². The Labute approximate surface area is 214 Å². The highest BCUT2D eigenvalue weighted by atomic mass is 32.2. The number of benzene rings is 2. The average Bonchev–Trinajstić information content (AvgIpc) is 3.45. The van der Waals surface area contributed by atoms with E-state index >= 15 is 0 Å². The van der Waals surface area contributed by atoms with Gasteiger partial charge in [0.25, 0.3) is 5.91 Å². The Hall–Kier alpha value is -3.55. The van der Waals surface area contributed by atoms with Crippen LogP contribution < -0.4 is 19.5 Å². The second-order valence-corrected chi connectivity index (χ2v) is 9.36. The van der Waals surface area contributed by atoms with E-state index in [-0.39, 0.29) is 35.3 Å². The minimum atomic E-state index is -1.98. The van der Waals surface area contributed by atoms with Crippen LogP contribution in [0.1, 0.15) is 11.1 Å². The fourth-order valence-corrected chi connectivity index (χ4v) is 4.59. The molecule has 36 heavy (non-hydrogen) atoms. The van der Waals surface area contributed by atoms with Gasteiger partial charge in [-0.05, 0) is 29.8 Å². The van der Waals surface area contributed by atoms with E-state index in [0.717, 1.165) is 23.9 Å².